The van der Waals surface area contributed by atoms with Crippen LogP contribution >= 0.6 is 22.9 Å². The lowest BCUT2D eigenvalue weighted by atomic mass is 10.1. The van der Waals surface area contributed by atoms with Crippen LogP contribution in [0, 0.1) is 5.92 Å². The summed E-state index contributed by atoms with van der Waals surface area (Å²) in [5.74, 6) is -0.123. The van der Waals surface area contributed by atoms with Crippen molar-refractivity contribution < 1.29 is 14.3 Å². The second-order valence-corrected chi connectivity index (χ2v) is 8.35. The molecule has 4 rings (SSSR count). The number of benzene rings is 1. The van der Waals surface area contributed by atoms with Gasteiger partial charge in [-0.3, -0.25) is 9.59 Å². The number of amides is 2. The van der Waals surface area contributed by atoms with Gasteiger partial charge in [0.15, 0.2) is 0 Å². The van der Waals surface area contributed by atoms with Gasteiger partial charge in [0, 0.05) is 36.6 Å². The van der Waals surface area contributed by atoms with Crippen molar-refractivity contribution in [3.05, 3.63) is 52.8 Å². The van der Waals surface area contributed by atoms with Gasteiger partial charge in [-0.2, -0.15) is 0 Å². The summed E-state index contributed by atoms with van der Waals surface area (Å²) in [5.41, 5.74) is 2.48. The van der Waals surface area contributed by atoms with Crippen molar-refractivity contribution in [2.75, 3.05) is 25.1 Å². The Morgan fingerprint density at radius 1 is 1.43 bits per heavy atom. The lowest BCUT2D eigenvalue weighted by Crippen LogP contribution is -2.34. The molecule has 1 fully saturated rings. The molecular formula is C21H21ClN4O3S. The number of carbonyl (C=O) groups excluding carboxylic acids is 2. The highest BCUT2D eigenvalue weighted by Crippen LogP contribution is 2.35. The monoisotopic (exact) mass is 444 g/mol. The molecule has 156 valence electrons. The predicted molar refractivity (Wildman–Crippen MR) is 117 cm³/mol. The van der Waals surface area contributed by atoms with Crippen molar-refractivity contribution in [1.29, 1.82) is 0 Å². The minimum atomic E-state index is -0.417. The smallest absolute Gasteiger partial charge is 0.227 e. The van der Waals surface area contributed by atoms with Crippen LogP contribution in [-0.2, 0) is 16.0 Å². The van der Waals surface area contributed by atoms with Gasteiger partial charge in [0.1, 0.15) is 11.4 Å². The number of aromatic nitrogens is 2. The topological polar surface area (TPSA) is 87.3 Å². The SMILES string of the molecule is COc1ccc(Cl)cc1N1CC(C(=O)NCCc2[nH]cnc2-c2cccs2)CC1=O. The van der Waals surface area contributed by atoms with Crippen LogP contribution in [0.4, 0.5) is 5.69 Å². The second kappa shape index (κ2) is 8.89. The van der Waals surface area contributed by atoms with E-state index in [9.17, 15) is 9.59 Å². The molecule has 3 aromatic rings. The normalized spacial score (nSPS) is 16.1. The molecule has 1 saturated heterocycles. The number of methoxy groups -OCH3 is 1. The molecule has 1 aliphatic heterocycles. The van der Waals surface area contributed by atoms with Crippen molar-refractivity contribution >= 4 is 40.4 Å². The number of ether oxygens (including phenoxy) is 1. The van der Waals surface area contributed by atoms with E-state index in [1.165, 1.54) is 7.11 Å². The quantitative estimate of drug-likeness (QED) is 0.583. The Bertz CT molecular complexity index is 1050. The first-order valence-corrected chi connectivity index (χ1v) is 10.8. The van der Waals surface area contributed by atoms with Gasteiger partial charge in [-0.15, -0.1) is 11.3 Å². The van der Waals surface area contributed by atoms with E-state index in [0.29, 0.717) is 36.0 Å². The van der Waals surface area contributed by atoms with E-state index in [0.717, 1.165) is 16.3 Å². The summed E-state index contributed by atoms with van der Waals surface area (Å²) in [5, 5.41) is 5.46. The first-order chi connectivity index (χ1) is 14.6. The van der Waals surface area contributed by atoms with Crippen LogP contribution in [0.15, 0.2) is 42.0 Å². The molecule has 0 saturated carbocycles. The van der Waals surface area contributed by atoms with Crippen molar-refractivity contribution in [2.45, 2.75) is 12.8 Å². The first-order valence-electron chi connectivity index (χ1n) is 9.54. The van der Waals surface area contributed by atoms with Gasteiger partial charge >= 0.3 is 0 Å². The van der Waals surface area contributed by atoms with Crippen molar-refractivity contribution in [1.82, 2.24) is 15.3 Å². The molecule has 0 bridgehead atoms. The Morgan fingerprint density at radius 3 is 3.07 bits per heavy atom. The van der Waals surface area contributed by atoms with E-state index >= 15 is 0 Å². The Balaban J connectivity index is 1.36. The summed E-state index contributed by atoms with van der Waals surface area (Å²) >= 11 is 7.71. The van der Waals surface area contributed by atoms with Crippen LogP contribution in [-0.4, -0.2) is 42.0 Å². The van der Waals surface area contributed by atoms with Crippen LogP contribution in [0.2, 0.25) is 5.02 Å². The van der Waals surface area contributed by atoms with Gasteiger partial charge in [-0.25, -0.2) is 4.98 Å². The van der Waals surface area contributed by atoms with Gasteiger partial charge in [0.05, 0.1) is 29.9 Å². The number of aromatic amines is 1. The molecule has 2 amide bonds. The number of carbonyl (C=O) groups is 2. The summed E-state index contributed by atoms with van der Waals surface area (Å²) in [7, 11) is 1.54. The number of hydrogen-bond acceptors (Lipinski definition) is 5. The van der Waals surface area contributed by atoms with Crippen molar-refractivity contribution in [3.63, 3.8) is 0 Å². The lowest BCUT2D eigenvalue weighted by Gasteiger charge is -2.19. The molecule has 0 spiro atoms. The fourth-order valence-electron chi connectivity index (χ4n) is 3.58. The maximum Gasteiger partial charge on any atom is 0.227 e. The van der Waals surface area contributed by atoms with Crippen LogP contribution < -0.4 is 15.0 Å². The van der Waals surface area contributed by atoms with Crippen LogP contribution in [0.5, 0.6) is 5.75 Å². The third-order valence-corrected chi connectivity index (χ3v) is 6.19. The number of anilines is 1. The van der Waals surface area contributed by atoms with E-state index in [2.05, 4.69) is 15.3 Å². The number of halogens is 1. The molecule has 2 N–H and O–H groups in total. The molecular weight excluding hydrogens is 424 g/mol. The van der Waals surface area contributed by atoms with E-state index in [4.69, 9.17) is 16.3 Å². The minimum absolute atomic E-state index is 0.121. The van der Waals surface area contributed by atoms with Gasteiger partial charge in [-0.05, 0) is 29.6 Å². The van der Waals surface area contributed by atoms with E-state index in [1.54, 1.807) is 40.8 Å². The minimum Gasteiger partial charge on any atom is -0.495 e. The molecule has 1 aromatic carbocycles. The van der Waals surface area contributed by atoms with Gasteiger partial charge in [0.25, 0.3) is 0 Å². The number of imidazole rings is 1. The Hall–Kier alpha value is -2.84. The molecule has 2 aromatic heterocycles. The van der Waals surface area contributed by atoms with Gasteiger partial charge in [0.2, 0.25) is 11.8 Å². The highest BCUT2D eigenvalue weighted by Gasteiger charge is 2.36. The Labute approximate surface area is 183 Å². The fraction of sp³-hybridized carbons (Fsp3) is 0.286. The predicted octanol–water partition coefficient (Wildman–Crippen LogP) is 3.51. The number of nitrogens with zero attached hydrogens (tertiary/aromatic N) is 2. The van der Waals surface area contributed by atoms with E-state index in [-0.39, 0.29) is 18.2 Å². The average Bonchev–Trinajstić information content (AvgIpc) is 3.48. The van der Waals surface area contributed by atoms with Crippen LogP contribution in [0.1, 0.15) is 12.1 Å². The molecule has 30 heavy (non-hydrogen) atoms. The van der Waals surface area contributed by atoms with Gasteiger partial charge < -0.3 is 19.9 Å². The first kappa shape index (κ1) is 20.4. The molecule has 0 aliphatic carbocycles. The van der Waals surface area contributed by atoms with E-state index < -0.39 is 5.92 Å². The highest BCUT2D eigenvalue weighted by molar-refractivity contribution is 7.13. The van der Waals surface area contributed by atoms with Crippen molar-refractivity contribution in [3.8, 4) is 16.3 Å². The lowest BCUT2D eigenvalue weighted by molar-refractivity contribution is -0.126. The molecule has 1 aliphatic rings. The summed E-state index contributed by atoms with van der Waals surface area (Å²) in [6, 6.07) is 9.11. The molecule has 9 heteroatoms. The summed E-state index contributed by atoms with van der Waals surface area (Å²) in [4.78, 5) is 35.4. The third kappa shape index (κ3) is 4.20. The number of rotatable bonds is 7. The highest BCUT2D eigenvalue weighted by atomic mass is 35.5. The standard InChI is InChI=1S/C21H21ClN4O3S/c1-29-17-5-4-14(22)10-16(17)26-11-13(9-19(26)27)21(28)23-7-6-15-20(25-12-24-15)18-3-2-8-30-18/h2-5,8,10,12-13H,6-7,9,11H2,1H3,(H,23,28)(H,24,25). The van der Waals surface area contributed by atoms with E-state index in [1.807, 2.05) is 17.5 Å². The number of nitrogens with one attached hydrogen (secondary N) is 2. The molecule has 7 nitrogen and oxygen atoms in total. The average molecular weight is 445 g/mol. The molecule has 3 heterocycles. The van der Waals surface area contributed by atoms with Crippen molar-refractivity contribution in [2.24, 2.45) is 5.92 Å². The van der Waals surface area contributed by atoms with Gasteiger partial charge in [-0.1, -0.05) is 17.7 Å². The molecule has 0 radical (unpaired) electrons. The number of hydrogen-bond donors (Lipinski definition) is 2. The number of H-pyrrole nitrogens is 1. The summed E-state index contributed by atoms with van der Waals surface area (Å²) in [6.45, 7) is 0.760. The molecule has 1 atom stereocenters. The maximum absolute atomic E-state index is 12.7. The maximum atomic E-state index is 12.7. The second-order valence-electron chi connectivity index (χ2n) is 6.97. The summed E-state index contributed by atoms with van der Waals surface area (Å²) in [6.07, 6.45) is 2.45. The van der Waals surface area contributed by atoms with Crippen LogP contribution in [0.25, 0.3) is 10.6 Å². The third-order valence-electron chi connectivity index (χ3n) is 5.07. The molecule has 1 unspecified atom stereocenters. The number of thiophene rings is 1. The summed E-state index contributed by atoms with van der Waals surface area (Å²) < 4.78 is 5.34. The largest absolute Gasteiger partial charge is 0.495 e. The zero-order valence-electron chi connectivity index (χ0n) is 16.4. The zero-order valence-corrected chi connectivity index (χ0v) is 17.9. The fourth-order valence-corrected chi connectivity index (χ4v) is 4.50. The Morgan fingerprint density at radius 2 is 2.30 bits per heavy atom. The zero-order chi connectivity index (χ0) is 21.1. The Kier molecular flexibility index (Phi) is 6.06. The van der Waals surface area contributed by atoms with Crippen LogP contribution in [0.3, 0.4) is 0 Å².